The van der Waals surface area contributed by atoms with Gasteiger partial charge in [0.05, 0.1) is 18.2 Å². The Bertz CT molecular complexity index is 874. The van der Waals surface area contributed by atoms with Crippen LogP contribution in [0.5, 0.6) is 5.75 Å². The number of thioether (sulfide) groups is 1. The molecular formula is C24H36NO4PS. The van der Waals surface area contributed by atoms with Crippen molar-refractivity contribution in [1.29, 1.82) is 0 Å². The van der Waals surface area contributed by atoms with E-state index in [4.69, 9.17) is 9.05 Å². The lowest BCUT2D eigenvalue weighted by Gasteiger charge is -2.31. The highest BCUT2D eigenvalue weighted by atomic mass is 32.2. The van der Waals surface area contributed by atoms with E-state index in [-0.39, 0.29) is 29.8 Å². The zero-order chi connectivity index (χ0) is 23.4. The molecule has 1 aromatic heterocycles. The van der Waals surface area contributed by atoms with Gasteiger partial charge in [-0.25, -0.2) is 4.98 Å². The Morgan fingerprint density at radius 3 is 1.90 bits per heavy atom. The van der Waals surface area contributed by atoms with Crippen molar-refractivity contribution in [1.82, 2.24) is 4.98 Å². The molecule has 2 aromatic rings. The van der Waals surface area contributed by atoms with Crippen molar-refractivity contribution in [2.45, 2.75) is 76.2 Å². The maximum Gasteiger partial charge on any atom is 0.348 e. The maximum atomic E-state index is 14.0. The summed E-state index contributed by atoms with van der Waals surface area (Å²) in [6.07, 6.45) is 1.71. The van der Waals surface area contributed by atoms with Crippen LogP contribution in [-0.4, -0.2) is 23.3 Å². The summed E-state index contributed by atoms with van der Waals surface area (Å²) < 4.78 is 25.5. The first-order valence-corrected chi connectivity index (χ1v) is 13.2. The summed E-state index contributed by atoms with van der Waals surface area (Å²) >= 11 is 1.37. The van der Waals surface area contributed by atoms with E-state index in [1.165, 1.54) is 11.8 Å². The summed E-state index contributed by atoms with van der Waals surface area (Å²) in [5.74, 6) is 0.285. The van der Waals surface area contributed by atoms with Gasteiger partial charge < -0.3 is 14.2 Å². The lowest BCUT2D eigenvalue weighted by molar-refractivity contribution is 0.218. The molecule has 1 N–H and O–H groups in total. The molecule has 172 valence electrons. The summed E-state index contributed by atoms with van der Waals surface area (Å²) in [6.45, 7) is 16.5. The molecule has 2 rings (SSSR count). The summed E-state index contributed by atoms with van der Waals surface area (Å²) in [5, 5.41) is 11.8. The van der Waals surface area contributed by atoms with Crippen molar-refractivity contribution >= 4 is 19.4 Å². The van der Waals surface area contributed by atoms with Crippen molar-refractivity contribution in [3.8, 4) is 5.75 Å². The van der Waals surface area contributed by atoms with Crippen LogP contribution in [0.2, 0.25) is 0 Å². The molecule has 31 heavy (non-hydrogen) atoms. The minimum Gasteiger partial charge on any atom is -0.507 e. The predicted octanol–water partition coefficient (Wildman–Crippen LogP) is 7.44. The number of nitrogens with zero attached hydrogens (tertiary/aromatic N) is 1. The van der Waals surface area contributed by atoms with E-state index < -0.39 is 12.6 Å². The SMILES string of the molecule is CCOP(=O)(OCC)C(Sc1ccccn1)c1cc(C(C)(C)C)c(O)c(C(C)(C)C)c1. The second-order valence-corrected chi connectivity index (χ2v) is 13.1. The standard InChI is InChI=1S/C24H36NO4PS/c1-9-28-30(27,29-10-2)22(31-20-13-11-12-14-25-20)17-15-18(23(3,4)5)21(26)19(16-17)24(6,7)8/h11-16,22,26H,9-10H2,1-8H3. The Morgan fingerprint density at radius 1 is 1.00 bits per heavy atom. The third-order valence-corrected chi connectivity index (χ3v) is 8.99. The average Bonchev–Trinajstić information content (AvgIpc) is 2.66. The van der Waals surface area contributed by atoms with Crippen LogP contribution in [0, 0.1) is 0 Å². The summed E-state index contributed by atoms with van der Waals surface area (Å²) in [4.78, 5) is 3.80. The fourth-order valence-corrected chi connectivity index (χ4v) is 6.89. The van der Waals surface area contributed by atoms with Crippen LogP contribution in [-0.2, 0) is 24.4 Å². The highest BCUT2D eigenvalue weighted by molar-refractivity contribution is 8.04. The van der Waals surface area contributed by atoms with Crippen LogP contribution in [0.1, 0.15) is 77.1 Å². The van der Waals surface area contributed by atoms with Crippen LogP contribution in [0.4, 0.5) is 0 Å². The predicted molar refractivity (Wildman–Crippen MR) is 129 cm³/mol. The Hall–Kier alpha value is -1.33. The normalized spacial score (nSPS) is 13.9. The van der Waals surface area contributed by atoms with Gasteiger partial charge in [0.25, 0.3) is 0 Å². The molecule has 1 heterocycles. The molecule has 0 fully saturated rings. The van der Waals surface area contributed by atoms with Crippen molar-refractivity contribution in [2.75, 3.05) is 13.2 Å². The minimum absolute atomic E-state index is 0.271. The third-order valence-electron chi connectivity index (χ3n) is 4.81. The molecule has 5 nitrogen and oxygen atoms in total. The molecule has 1 atom stereocenters. The second-order valence-electron chi connectivity index (χ2n) is 9.48. The van der Waals surface area contributed by atoms with Crippen LogP contribution in [0.15, 0.2) is 41.6 Å². The number of hydrogen-bond donors (Lipinski definition) is 1. The van der Waals surface area contributed by atoms with E-state index in [2.05, 4.69) is 46.5 Å². The molecule has 1 unspecified atom stereocenters. The molecule has 0 aliphatic heterocycles. The van der Waals surface area contributed by atoms with E-state index in [0.29, 0.717) is 0 Å². The Balaban J connectivity index is 2.79. The number of hydrogen-bond acceptors (Lipinski definition) is 6. The van der Waals surface area contributed by atoms with Gasteiger partial charge in [0.1, 0.15) is 10.7 Å². The number of pyridine rings is 1. The van der Waals surface area contributed by atoms with Crippen molar-refractivity contribution in [3.05, 3.63) is 53.2 Å². The lowest BCUT2D eigenvalue weighted by atomic mass is 9.78. The van der Waals surface area contributed by atoms with E-state index in [1.807, 2.05) is 44.2 Å². The zero-order valence-corrected chi connectivity index (χ0v) is 21.6. The molecule has 0 radical (unpaired) electrons. The van der Waals surface area contributed by atoms with E-state index in [9.17, 15) is 9.67 Å². The quantitative estimate of drug-likeness (QED) is 0.323. The molecule has 0 saturated carbocycles. The molecule has 7 heteroatoms. The van der Waals surface area contributed by atoms with Gasteiger partial charge in [0.2, 0.25) is 0 Å². The number of aromatic hydroxyl groups is 1. The Kier molecular flexibility index (Phi) is 8.43. The van der Waals surface area contributed by atoms with Crippen molar-refractivity contribution in [2.24, 2.45) is 0 Å². The Labute approximate surface area is 191 Å². The van der Waals surface area contributed by atoms with Gasteiger partial charge in [-0.3, -0.25) is 4.57 Å². The average molecular weight is 466 g/mol. The van der Waals surface area contributed by atoms with Crippen LogP contribution in [0.3, 0.4) is 0 Å². The summed E-state index contributed by atoms with van der Waals surface area (Å²) in [7, 11) is -3.53. The highest BCUT2D eigenvalue weighted by Gasteiger charge is 2.40. The van der Waals surface area contributed by atoms with Crippen LogP contribution < -0.4 is 0 Å². The molecule has 1 aromatic carbocycles. The zero-order valence-electron chi connectivity index (χ0n) is 19.9. The smallest absolute Gasteiger partial charge is 0.348 e. The summed E-state index contributed by atoms with van der Waals surface area (Å²) in [6, 6.07) is 9.51. The molecule has 0 saturated heterocycles. The number of phenolic OH excluding ortho intramolecular Hbond substituents is 1. The number of phenols is 1. The van der Waals surface area contributed by atoms with Crippen molar-refractivity contribution in [3.63, 3.8) is 0 Å². The Morgan fingerprint density at radius 2 is 1.52 bits per heavy atom. The molecule has 0 bridgehead atoms. The van der Waals surface area contributed by atoms with E-state index >= 15 is 0 Å². The molecular weight excluding hydrogens is 429 g/mol. The van der Waals surface area contributed by atoms with Gasteiger partial charge in [0.15, 0.2) is 0 Å². The fraction of sp³-hybridized carbons (Fsp3) is 0.542. The van der Waals surface area contributed by atoms with Crippen molar-refractivity contribution < 1.29 is 18.7 Å². The van der Waals surface area contributed by atoms with Gasteiger partial charge in [-0.05, 0) is 65.6 Å². The number of benzene rings is 1. The van der Waals surface area contributed by atoms with Gasteiger partial charge in [0, 0.05) is 6.20 Å². The number of aromatic nitrogens is 1. The molecule has 0 amide bonds. The fourth-order valence-electron chi connectivity index (χ4n) is 3.32. The first-order chi connectivity index (χ1) is 14.3. The molecule has 0 aliphatic carbocycles. The third kappa shape index (κ3) is 6.35. The summed E-state index contributed by atoms with van der Waals surface area (Å²) in [5.41, 5.74) is 1.80. The first kappa shape index (κ1) is 25.9. The van der Waals surface area contributed by atoms with Gasteiger partial charge in [-0.1, -0.05) is 59.4 Å². The number of rotatable bonds is 8. The largest absolute Gasteiger partial charge is 0.507 e. The topological polar surface area (TPSA) is 68.7 Å². The second kappa shape index (κ2) is 10.1. The highest BCUT2D eigenvalue weighted by Crippen LogP contribution is 2.67. The first-order valence-electron chi connectivity index (χ1n) is 10.7. The maximum absolute atomic E-state index is 14.0. The minimum atomic E-state index is -3.53. The van der Waals surface area contributed by atoms with Crippen LogP contribution in [0.25, 0.3) is 0 Å². The molecule has 0 aliphatic rings. The van der Waals surface area contributed by atoms with E-state index in [0.717, 1.165) is 21.7 Å². The molecule has 0 spiro atoms. The van der Waals surface area contributed by atoms with Gasteiger partial charge in [-0.2, -0.15) is 0 Å². The van der Waals surface area contributed by atoms with E-state index in [1.54, 1.807) is 6.20 Å². The lowest BCUT2D eigenvalue weighted by Crippen LogP contribution is -2.18. The van der Waals surface area contributed by atoms with Crippen LogP contribution >= 0.6 is 19.4 Å². The van der Waals surface area contributed by atoms with Gasteiger partial charge >= 0.3 is 7.60 Å². The monoisotopic (exact) mass is 465 g/mol. The van der Waals surface area contributed by atoms with Gasteiger partial charge in [-0.15, -0.1) is 0 Å².